The fourth-order valence-electron chi connectivity index (χ4n) is 4.15. The molecule has 1 atom stereocenters. The SMILES string of the molecule is CCC(c1nc2occc2c(=O)n1Cc1ccccc1)N(CCN(C)C)Cc1ccc(Cl)nc1. The predicted molar refractivity (Wildman–Crippen MR) is 135 cm³/mol. The van der Waals surface area contributed by atoms with Gasteiger partial charge in [-0.2, -0.15) is 4.98 Å². The second-order valence-electron chi connectivity index (χ2n) is 8.67. The van der Waals surface area contributed by atoms with Gasteiger partial charge in [-0.1, -0.05) is 54.9 Å². The molecule has 0 aliphatic rings. The lowest BCUT2D eigenvalue weighted by molar-refractivity contribution is 0.155. The van der Waals surface area contributed by atoms with E-state index in [1.807, 2.05) is 36.4 Å². The molecule has 0 spiro atoms. The summed E-state index contributed by atoms with van der Waals surface area (Å²) in [6.45, 7) is 4.89. The van der Waals surface area contributed by atoms with Crippen molar-refractivity contribution in [1.29, 1.82) is 0 Å². The first kappa shape index (κ1) is 24.1. The van der Waals surface area contributed by atoms with Crippen molar-refractivity contribution in [3.8, 4) is 0 Å². The molecule has 4 rings (SSSR count). The van der Waals surface area contributed by atoms with E-state index in [2.05, 4.69) is 35.8 Å². The van der Waals surface area contributed by atoms with E-state index in [9.17, 15) is 4.79 Å². The number of nitrogens with zero attached hydrogens (tertiary/aromatic N) is 5. The van der Waals surface area contributed by atoms with Gasteiger partial charge in [0.15, 0.2) is 0 Å². The van der Waals surface area contributed by atoms with E-state index in [4.69, 9.17) is 21.0 Å². The zero-order valence-corrected chi connectivity index (χ0v) is 20.6. The fourth-order valence-corrected chi connectivity index (χ4v) is 4.26. The highest BCUT2D eigenvalue weighted by Crippen LogP contribution is 2.26. The highest BCUT2D eigenvalue weighted by atomic mass is 35.5. The zero-order valence-electron chi connectivity index (χ0n) is 19.8. The molecule has 8 heteroatoms. The molecule has 3 aromatic heterocycles. The third kappa shape index (κ3) is 5.55. The van der Waals surface area contributed by atoms with Gasteiger partial charge in [0, 0.05) is 25.8 Å². The van der Waals surface area contributed by atoms with Crippen LogP contribution in [0.3, 0.4) is 0 Å². The van der Waals surface area contributed by atoms with E-state index in [0.29, 0.717) is 35.2 Å². The van der Waals surface area contributed by atoms with Crippen LogP contribution in [-0.2, 0) is 13.1 Å². The first-order valence-corrected chi connectivity index (χ1v) is 11.8. The Morgan fingerprint density at radius 2 is 1.85 bits per heavy atom. The van der Waals surface area contributed by atoms with Crippen LogP contribution < -0.4 is 5.56 Å². The van der Waals surface area contributed by atoms with E-state index in [0.717, 1.165) is 30.6 Å². The standard InChI is InChI=1S/C26H30ClN5O2/c1-4-22(31(14-13-30(2)3)17-20-10-11-23(27)28-16-20)24-29-25-21(12-15-34-25)26(33)32(24)18-19-8-6-5-7-9-19/h5-12,15-16,22H,4,13-14,17-18H2,1-3H3. The lowest BCUT2D eigenvalue weighted by Gasteiger charge is -2.33. The van der Waals surface area contributed by atoms with Gasteiger partial charge in [0.2, 0.25) is 5.71 Å². The van der Waals surface area contributed by atoms with Gasteiger partial charge in [-0.15, -0.1) is 0 Å². The smallest absolute Gasteiger partial charge is 0.265 e. The minimum absolute atomic E-state index is 0.0863. The third-order valence-electron chi connectivity index (χ3n) is 5.93. The number of hydrogen-bond donors (Lipinski definition) is 0. The molecule has 0 amide bonds. The molecule has 1 unspecified atom stereocenters. The predicted octanol–water partition coefficient (Wildman–Crippen LogP) is 4.60. The van der Waals surface area contributed by atoms with E-state index >= 15 is 0 Å². The topological polar surface area (TPSA) is 67.4 Å². The summed E-state index contributed by atoms with van der Waals surface area (Å²) in [6, 6.07) is 15.4. The van der Waals surface area contributed by atoms with E-state index in [1.165, 1.54) is 6.26 Å². The van der Waals surface area contributed by atoms with Gasteiger partial charge in [-0.05, 0) is 43.8 Å². The first-order chi connectivity index (χ1) is 16.5. The van der Waals surface area contributed by atoms with Gasteiger partial charge in [0.25, 0.3) is 5.56 Å². The van der Waals surface area contributed by atoms with E-state index in [1.54, 1.807) is 22.9 Å². The summed E-state index contributed by atoms with van der Waals surface area (Å²) in [5, 5.41) is 0.966. The molecule has 7 nitrogen and oxygen atoms in total. The lowest BCUT2D eigenvalue weighted by Crippen LogP contribution is -2.38. The minimum atomic E-state index is -0.0958. The number of halogens is 1. The van der Waals surface area contributed by atoms with Crippen molar-refractivity contribution in [3.05, 3.63) is 93.4 Å². The maximum absolute atomic E-state index is 13.5. The Morgan fingerprint density at radius 3 is 2.53 bits per heavy atom. The van der Waals surface area contributed by atoms with Crippen LogP contribution in [0.1, 0.15) is 36.3 Å². The number of likely N-dealkylation sites (N-methyl/N-ethyl adjacent to an activating group) is 1. The van der Waals surface area contributed by atoms with Crippen LogP contribution in [0.15, 0.2) is 70.2 Å². The second kappa shape index (κ2) is 11.0. The average molecular weight is 480 g/mol. The van der Waals surface area contributed by atoms with Crippen LogP contribution in [0, 0.1) is 0 Å². The van der Waals surface area contributed by atoms with Gasteiger partial charge >= 0.3 is 0 Å². The van der Waals surface area contributed by atoms with Crippen molar-refractivity contribution in [2.45, 2.75) is 32.5 Å². The molecule has 0 aliphatic heterocycles. The summed E-state index contributed by atoms with van der Waals surface area (Å²) in [5.41, 5.74) is 2.39. The van der Waals surface area contributed by atoms with Crippen molar-refractivity contribution in [2.75, 3.05) is 27.2 Å². The Balaban J connectivity index is 1.79. The van der Waals surface area contributed by atoms with Crippen molar-refractivity contribution >= 4 is 22.7 Å². The Bertz CT molecular complexity index is 1270. The third-order valence-corrected chi connectivity index (χ3v) is 6.15. The van der Waals surface area contributed by atoms with Crippen LogP contribution in [0.2, 0.25) is 5.15 Å². The van der Waals surface area contributed by atoms with Crippen LogP contribution in [0.4, 0.5) is 0 Å². The van der Waals surface area contributed by atoms with Gasteiger partial charge in [-0.25, -0.2) is 4.98 Å². The Morgan fingerprint density at radius 1 is 1.06 bits per heavy atom. The molecule has 0 aliphatic carbocycles. The molecular formula is C26H30ClN5O2. The van der Waals surface area contributed by atoms with Crippen LogP contribution in [0.5, 0.6) is 0 Å². The molecular weight excluding hydrogens is 450 g/mol. The monoisotopic (exact) mass is 479 g/mol. The van der Waals surface area contributed by atoms with Crippen LogP contribution >= 0.6 is 11.6 Å². The zero-order chi connectivity index (χ0) is 24.1. The minimum Gasteiger partial charge on any atom is -0.446 e. The number of furan rings is 1. The van der Waals surface area contributed by atoms with Gasteiger partial charge in [0.1, 0.15) is 16.4 Å². The Labute approximate surface area is 204 Å². The number of fused-ring (bicyclic) bond motifs is 1. The summed E-state index contributed by atoms with van der Waals surface area (Å²) in [5.74, 6) is 0.708. The molecule has 0 saturated carbocycles. The summed E-state index contributed by atoms with van der Waals surface area (Å²) >= 11 is 6.01. The maximum Gasteiger partial charge on any atom is 0.265 e. The largest absolute Gasteiger partial charge is 0.446 e. The highest BCUT2D eigenvalue weighted by Gasteiger charge is 2.26. The van der Waals surface area contributed by atoms with E-state index in [-0.39, 0.29) is 11.6 Å². The van der Waals surface area contributed by atoms with Crippen molar-refractivity contribution in [3.63, 3.8) is 0 Å². The molecule has 0 radical (unpaired) electrons. The number of hydrogen-bond acceptors (Lipinski definition) is 6. The Hall–Kier alpha value is -3.00. The molecule has 0 N–H and O–H groups in total. The molecule has 1 aromatic carbocycles. The molecule has 178 valence electrons. The Kier molecular flexibility index (Phi) is 7.77. The highest BCUT2D eigenvalue weighted by molar-refractivity contribution is 6.29. The number of rotatable bonds is 10. The van der Waals surface area contributed by atoms with Crippen molar-refractivity contribution in [1.82, 2.24) is 24.3 Å². The van der Waals surface area contributed by atoms with E-state index < -0.39 is 0 Å². The molecule has 0 fully saturated rings. The summed E-state index contributed by atoms with van der Waals surface area (Å²) < 4.78 is 7.37. The van der Waals surface area contributed by atoms with Gasteiger partial charge in [-0.3, -0.25) is 14.3 Å². The average Bonchev–Trinajstić information content (AvgIpc) is 3.31. The van der Waals surface area contributed by atoms with Crippen molar-refractivity contribution < 1.29 is 4.42 Å². The summed E-state index contributed by atoms with van der Waals surface area (Å²) in [7, 11) is 4.11. The number of aromatic nitrogens is 3. The van der Waals surface area contributed by atoms with Crippen molar-refractivity contribution in [2.24, 2.45) is 0 Å². The molecule has 0 bridgehead atoms. The molecule has 4 aromatic rings. The molecule has 0 saturated heterocycles. The fraction of sp³-hybridized carbons (Fsp3) is 0.346. The summed E-state index contributed by atoms with van der Waals surface area (Å²) in [4.78, 5) is 27.2. The quantitative estimate of drug-likeness (QED) is 0.310. The summed E-state index contributed by atoms with van der Waals surface area (Å²) in [6.07, 6.45) is 4.11. The molecule has 34 heavy (non-hydrogen) atoms. The van der Waals surface area contributed by atoms with Gasteiger partial charge in [0.05, 0.1) is 18.8 Å². The normalized spacial score (nSPS) is 12.6. The molecule has 3 heterocycles. The van der Waals surface area contributed by atoms with Gasteiger partial charge < -0.3 is 9.32 Å². The lowest BCUT2D eigenvalue weighted by atomic mass is 10.1. The second-order valence-corrected chi connectivity index (χ2v) is 9.06. The maximum atomic E-state index is 13.5. The van der Waals surface area contributed by atoms with Crippen LogP contribution in [0.25, 0.3) is 11.1 Å². The number of benzene rings is 1. The van der Waals surface area contributed by atoms with Crippen LogP contribution in [-0.4, -0.2) is 51.5 Å². The first-order valence-electron chi connectivity index (χ1n) is 11.5. The number of pyridine rings is 1.